The number of thiocarbonyl (C=S) groups is 1. The van der Waals surface area contributed by atoms with Crippen LogP contribution in [0, 0.1) is 0 Å². The second kappa shape index (κ2) is 10.9. The number of rotatable bonds is 7. The summed E-state index contributed by atoms with van der Waals surface area (Å²) in [6, 6.07) is 11.2. The number of pyridine rings is 1. The number of carbonyl (C=O) groups is 1. The normalized spacial score (nSPS) is 17.2. The first-order chi connectivity index (χ1) is 18.0. The number of anilines is 1. The Kier molecular flexibility index (Phi) is 7.48. The number of hydrogen-bond acceptors (Lipinski definition) is 8. The van der Waals surface area contributed by atoms with E-state index in [0.29, 0.717) is 50.7 Å². The van der Waals surface area contributed by atoms with Gasteiger partial charge in [-0.3, -0.25) is 18.9 Å². The number of ether oxygens (including phenoxy) is 2. The molecule has 0 unspecified atom stereocenters. The average Bonchev–Trinajstić information content (AvgIpc) is 3.20. The molecule has 2 aliphatic rings. The van der Waals surface area contributed by atoms with Gasteiger partial charge >= 0.3 is 0 Å². The summed E-state index contributed by atoms with van der Waals surface area (Å²) in [5, 5.41) is 0. The minimum absolute atomic E-state index is 0.193. The van der Waals surface area contributed by atoms with Crippen LogP contribution in [0.15, 0.2) is 52.3 Å². The Morgan fingerprint density at radius 1 is 1.05 bits per heavy atom. The van der Waals surface area contributed by atoms with Crippen LogP contribution in [0.5, 0.6) is 11.5 Å². The highest BCUT2D eigenvalue weighted by Gasteiger charge is 2.33. The molecular weight excluding hydrogens is 508 g/mol. The highest BCUT2D eigenvalue weighted by molar-refractivity contribution is 8.26. The van der Waals surface area contributed by atoms with E-state index in [9.17, 15) is 9.59 Å². The molecule has 8 nitrogen and oxygen atoms in total. The predicted molar refractivity (Wildman–Crippen MR) is 151 cm³/mol. The highest BCUT2D eigenvalue weighted by atomic mass is 32.2. The minimum atomic E-state index is -0.197. The van der Waals surface area contributed by atoms with Crippen LogP contribution in [0.2, 0.25) is 0 Å². The Morgan fingerprint density at radius 2 is 1.84 bits per heavy atom. The number of hydrogen-bond donors (Lipinski definition) is 0. The van der Waals surface area contributed by atoms with Crippen molar-refractivity contribution in [3.05, 3.63) is 69.0 Å². The van der Waals surface area contributed by atoms with Crippen molar-refractivity contribution in [2.75, 3.05) is 38.8 Å². The maximum atomic E-state index is 13.5. The molecule has 2 fully saturated rings. The number of fused-ring (bicyclic) bond motifs is 1. The first-order valence-corrected chi connectivity index (χ1v) is 13.4. The molecule has 2 aliphatic heterocycles. The lowest BCUT2D eigenvalue weighted by molar-refractivity contribution is -0.122. The number of aromatic nitrogens is 2. The number of methoxy groups -OCH3 is 2. The molecule has 192 valence electrons. The van der Waals surface area contributed by atoms with Gasteiger partial charge in [0.15, 0.2) is 11.5 Å². The third kappa shape index (κ3) is 5.08. The molecule has 1 amide bonds. The van der Waals surface area contributed by atoms with Crippen LogP contribution in [0.25, 0.3) is 11.7 Å². The minimum Gasteiger partial charge on any atom is -0.493 e. The van der Waals surface area contributed by atoms with Crippen LogP contribution in [0.3, 0.4) is 0 Å². The fraction of sp³-hybridized carbons (Fsp3) is 0.333. The zero-order valence-corrected chi connectivity index (χ0v) is 22.4. The molecule has 2 saturated heterocycles. The molecular formula is C27H28N4O4S2. The summed E-state index contributed by atoms with van der Waals surface area (Å²) in [6.07, 6.45) is 7.24. The van der Waals surface area contributed by atoms with E-state index in [1.807, 2.05) is 30.3 Å². The van der Waals surface area contributed by atoms with Gasteiger partial charge in [-0.15, -0.1) is 0 Å². The molecule has 0 aliphatic carbocycles. The van der Waals surface area contributed by atoms with Gasteiger partial charge in [0.1, 0.15) is 15.8 Å². The van der Waals surface area contributed by atoms with E-state index in [4.69, 9.17) is 26.7 Å². The second-order valence-corrected chi connectivity index (χ2v) is 10.6. The van der Waals surface area contributed by atoms with Crippen LogP contribution in [0.1, 0.15) is 30.4 Å². The van der Waals surface area contributed by atoms with Gasteiger partial charge in [0.25, 0.3) is 11.5 Å². The van der Waals surface area contributed by atoms with Crippen molar-refractivity contribution < 1.29 is 14.3 Å². The topological polar surface area (TPSA) is 76.4 Å². The molecule has 4 heterocycles. The van der Waals surface area contributed by atoms with Crippen molar-refractivity contribution in [1.29, 1.82) is 0 Å². The lowest BCUT2D eigenvalue weighted by Crippen LogP contribution is -2.33. The molecule has 0 N–H and O–H groups in total. The predicted octanol–water partition coefficient (Wildman–Crippen LogP) is 4.15. The number of amides is 1. The van der Waals surface area contributed by atoms with Gasteiger partial charge in [0, 0.05) is 25.8 Å². The molecule has 1 aromatic carbocycles. The summed E-state index contributed by atoms with van der Waals surface area (Å²) in [4.78, 5) is 35.9. The summed E-state index contributed by atoms with van der Waals surface area (Å²) in [7, 11) is 3.19. The van der Waals surface area contributed by atoms with Gasteiger partial charge in [-0.2, -0.15) is 0 Å². The van der Waals surface area contributed by atoms with Crippen molar-refractivity contribution in [1.82, 2.24) is 14.3 Å². The third-order valence-electron chi connectivity index (χ3n) is 6.63. The smallest absolute Gasteiger partial charge is 0.267 e. The number of benzene rings is 1. The summed E-state index contributed by atoms with van der Waals surface area (Å²) < 4.78 is 12.7. The van der Waals surface area contributed by atoms with Crippen molar-refractivity contribution in [2.24, 2.45) is 0 Å². The van der Waals surface area contributed by atoms with Crippen molar-refractivity contribution >= 4 is 51.7 Å². The second-order valence-electron chi connectivity index (χ2n) is 8.90. The Balaban J connectivity index is 1.44. The standard InChI is InChI=1S/C27H28N4O4S2/c1-34-20-10-9-18(16-21(20)35-2)11-15-31-26(33)22(37-27(31)36)17-19-24(29-12-5-3-6-13-29)28-23-8-4-7-14-30(23)25(19)32/h4,7-10,14,16-17H,3,5-6,11-13,15H2,1-2H3/b22-17+. The van der Waals surface area contributed by atoms with Gasteiger partial charge in [-0.05, 0) is 61.6 Å². The lowest BCUT2D eigenvalue weighted by Gasteiger charge is -2.29. The van der Waals surface area contributed by atoms with Crippen molar-refractivity contribution in [3.8, 4) is 11.5 Å². The van der Waals surface area contributed by atoms with Crippen LogP contribution < -0.4 is 19.9 Å². The molecule has 10 heteroatoms. The maximum Gasteiger partial charge on any atom is 0.267 e. The Bertz CT molecular complexity index is 1450. The van der Waals surface area contributed by atoms with Crippen LogP contribution in [-0.2, 0) is 11.2 Å². The molecule has 0 radical (unpaired) electrons. The van der Waals surface area contributed by atoms with Crippen LogP contribution >= 0.6 is 24.0 Å². The molecule has 0 saturated carbocycles. The Labute approximate surface area is 224 Å². The zero-order chi connectivity index (χ0) is 25.9. The molecule has 2 aromatic heterocycles. The van der Waals surface area contributed by atoms with E-state index >= 15 is 0 Å². The number of thioether (sulfide) groups is 1. The fourth-order valence-electron chi connectivity index (χ4n) is 4.67. The monoisotopic (exact) mass is 536 g/mol. The molecule has 0 bridgehead atoms. The SMILES string of the molecule is COc1ccc(CCN2C(=O)/C(=C\c3c(N4CCCCC4)nc4ccccn4c3=O)SC2=S)cc1OC. The first kappa shape index (κ1) is 25.3. The number of carbonyl (C=O) groups excluding carboxylic acids is 1. The molecule has 0 spiro atoms. The number of nitrogens with zero attached hydrogens (tertiary/aromatic N) is 4. The quantitative estimate of drug-likeness (QED) is 0.329. The van der Waals surface area contributed by atoms with E-state index < -0.39 is 0 Å². The zero-order valence-electron chi connectivity index (χ0n) is 20.8. The summed E-state index contributed by atoms with van der Waals surface area (Å²) in [5.41, 5.74) is 1.82. The number of piperidine rings is 1. The van der Waals surface area contributed by atoms with E-state index in [-0.39, 0.29) is 11.5 Å². The highest BCUT2D eigenvalue weighted by Crippen LogP contribution is 2.34. The van der Waals surface area contributed by atoms with E-state index in [1.54, 1.807) is 37.5 Å². The molecule has 37 heavy (non-hydrogen) atoms. The summed E-state index contributed by atoms with van der Waals surface area (Å²) >= 11 is 6.78. The summed E-state index contributed by atoms with van der Waals surface area (Å²) in [6.45, 7) is 2.09. The maximum absolute atomic E-state index is 13.5. The largest absolute Gasteiger partial charge is 0.493 e. The van der Waals surface area contributed by atoms with Gasteiger partial charge in [0.2, 0.25) is 0 Å². The van der Waals surface area contributed by atoms with Gasteiger partial charge in [-0.1, -0.05) is 36.1 Å². The lowest BCUT2D eigenvalue weighted by atomic mass is 10.1. The van der Waals surface area contributed by atoms with E-state index in [1.165, 1.54) is 16.2 Å². The molecule has 3 aromatic rings. The Morgan fingerprint density at radius 3 is 2.59 bits per heavy atom. The first-order valence-electron chi connectivity index (χ1n) is 12.2. The van der Waals surface area contributed by atoms with E-state index in [2.05, 4.69) is 4.90 Å². The van der Waals surface area contributed by atoms with E-state index in [0.717, 1.165) is 37.9 Å². The van der Waals surface area contributed by atoms with Gasteiger partial charge in [0.05, 0.1) is 24.7 Å². The van der Waals surface area contributed by atoms with Crippen LogP contribution in [0.4, 0.5) is 5.82 Å². The third-order valence-corrected chi connectivity index (χ3v) is 8.00. The van der Waals surface area contributed by atoms with Crippen molar-refractivity contribution in [3.63, 3.8) is 0 Å². The average molecular weight is 537 g/mol. The van der Waals surface area contributed by atoms with Crippen LogP contribution in [-0.4, -0.2) is 58.4 Å². The molecule has 5 rings (SSSR count). The van der Waals surface area contributed by atoms with Crippen molar-refractivity contribution in [2.45, 2.75) is 25.7 Å². The molecule has 0 atom stereocenters. The van der Waals surface area contributed by atoms with Gasteiger partial charge in [-0.25, -0.2) is 4.98 Å². The van der Waals surface area contributed by atoms with Gasteiger partial charge < -0.3 is 14.4 Å². The Hall–Kier alpha value is -3.37. The summed E-state index contributed by atoms with van der Waals surface area (Å²) in [5.74, 6) is 1.73. The fourth-order valence-corrected chi connectivity index (χ4v) is 5.96.